The van der Waals surface area contributed by atoms with Crippen molar-refractivity contribution in [2.75, 3.05) is 13.1 Å². The van der Waals surface area contributed by atoms with E-state index < -0.39 is 15.9 Å². The number of hydrogen-bond acceptors (Lipinski definition) is 4. The van der Waals surface area contributed by atoms with Gasteiger partial charge in [0.1, 0.15) is 4.90 Å². The van der Waals surface area contributed by atoms with E-state index in [1.165, 1.54) is 4.31 Å². The molecule has 130 valence electrons. The average molecular weight is 370 g/mol. The predicted octanol–water partition coefficient (Wildman–Crippen LogP) is 2.87. The molecule has 0 atom stereocenters. The topological polar surface area (TPSA) is 72.3 Å². The van der Waals surface area contributed by atoms with Crippen molar-refractivity contribution in [1.82, 2.24) is 14.1 Å². The van der Waals surface area contributed by atoms with Gasteiger partial charge in [0.25, 0.3) is 5.91 Å². The zero-order chi connectivity index (χ0) is 18.1. The van der Waals surface area contributed by atoms with E-state index in [2.05, 4.69) is 5.10 Å². The number of carbonyl (C=O) groups excluding carboxylic acids is 1. The molecule has 1 aromatic heterocycles. The van der Waals surface area contributed by atoms with Crippen LogP contribution >= 0.6 is 11.6 Å². The maximum Gasteiger partial charge on any atom is 0.279 e. The lowest BCUT2D eigenvalue weighted by Gasteiger charge is -2.18. The molecule has 1 heterocycles. The third-order valence-corrected chi connectivity index (χ3v) is 6.46. The fraction of sp³-hybridized carbons (Fsp3) is 0.375. The van der Waals surface area contributed by atoms with Crippen molar-refractivity contribution in [2.24, 2.45) is 0 Å². The molecule has 1 aromatic carbocycles. The van der Waals surface area contributed by atoms with Crippen LogP contribution in [0, 0.1) is 13.8 Å². The van der Waals surface area contributed by atoms with E-state index in [1.807, 2.05) is 0 Å². The van der Waals surface area contributed by atoms with E-state index in [9.17, 15) is 13.2 Å². The molecule has 0 fully saturated rings. The second-order valence-electron chi connectivity index (χ2n) is 5.29. The summed E-state index contributed by atoms with van der Waals surface area (Å²) in [5.41, 5.74) is 0.848. The van der Waals surface area contributed by atoms with Gasteiger partial charge in [-0.15, -0.1) is 0 Å². The summed E-state index contributed by atoms with van der Waals surface area (Å²) in [4.78, 5) is 12.8. The average Bonchev–Trinajstić information content (AvgIpc) is 2.83. The van der Waals surface area contributed by atoms with Crippen molar-refractivity contribution < 1.29 is 13.2 Å². The number of benzene rings is 1. The third kappa shape index (κ3) is 3.11. The summed E-state index contributed by atoms with van der Waals surface area (Å²) < 4.78 is 28.1. The van der Waals surface area contributed by atoms with Crippen molar-refractivity contribution in [1.29, 1.82) is 0 Å². The van der Waals surface area contributed by atoms with Gasteiger partial charge in [0, 0.05) is 13.1 Å². The first-order valence-electron chi connectivity index (χ1n) is 7.61. The van der Waals surface area contributed by atoms with Gasteiger partial charge in [-0.1, -0.05) is 37.6 Å². The number of rotatable bonds is 5. The van der Waals surface area contributed by atoms with Crippen LogP contribution in [-0.2, 0) is 10.0 Å². The lowest BCUT2D eigenvalue weighted by molar-refractivity contribution is 0.0942. The number of halogens is 1. The van der Waals surface area contributed by atoms with E-state index in [0.717, 1.165) is 4.68 Å². The smallest absolute Gasteiger partial charge is 0.267 e. The summed E-state index contributed by atoms with van der Waals surface area (Å²) >= 11 is 6.06. The monoisotopic (exact) mass is 369 g/mol. The first-order chi connectivity index (χ1) is 11.3. The molecule has 0 saturated carbocycles. The first kappa shape index (κ1) is 18.6. The van der Waals surface area contributed by atoms with Gasteiger partial charge < -0.3 is 0 Å². The van der Waals surface area contributed by atoms with Gasteiger partial charge in [-0.05, 0) is 26.0 Å². The largest absolute Gasteiger partial charge is 0.279 e. The minimum absolute atomic E-state index is 0.0756. The van der Waals surface area contributed by atoms with Gasteiger partial charge in [0.05, 0.1) is 22.0 Å². The van der Waals surface area contributed by atoms with Crippen molar-refractivity contribution in [3.63, 3.8) is 0 Å². The number of hydrogen-bond donors (Lipinski definition) is 0. The van der Waals surface area contributed by atoms with Crippen LogP contribution in [0.25, 0.3) is 0 Å². The molecule has 0 bridgehead atoms. The van der Waals surface area contributed by atoms with Crippen LogP contribution < -0.4 is 0 Å². The second-order valence-corrected chi connectivity index (χ2v) is 7.57. The van der Waals surface area contributed by atoms with Crippen LogP contribution in [0.3, 0.4) is 0 Å². The highest BCUT2D eigenvalue weighted by molar-refractivity contribution is 7.89. The minimum Gasteiger partial charge on any atom is -0.267 e. The standard InChI is InChI=1S/C16H20ClN3O3S/c1-5-19(6-2)24(22,23)15-11(3)18-20(12(15)4)16(21)13-9-7-8-10-14(13)17/h7-10H,5-6H2,1-4H3. The summed E-state index contributed by atoms with van der Waals surface area (Å²) in [6.45, 7) is 7.39. The lowest BCUT2D eigenvalue weighted by Crippen LogP contribution is -2.31. The molecule has 0 amide bonds. The quantitative estimate of drug-likeness (QED) is 0.812. The van der Waals surface area contributed by atoms with Crippen LogP contribution in [0.2, 0.25) is 5.02 Å². The zero-order valence-corrected chi connectivity index (χ0v) is 15.6. The van der Waals surface area contributed by atoms with Crippen LogP contribution in [0.15, 0.2) is 29.2 Å². The summed E-state index contributed by atoms with van der Waals surface area (Å²) in [6, 6.07) is 6.60. The van der Waals surface area contributed by atoms with Gasteiger partial charge in [0.2, 0.25) is 10.0 Å². The molecule has 0 radical (unpaired) electrons. The van der Waals surface area contributed by atoms with Gasteiger partial charge in [0.15, 0.2) is 0 Å². The van der Waals surface area contributed by atoms with Crippen LogP contribution in [0.1, 0.15) is 35.6 Å². The minimum atomic E-state index is -3.70. The number of carbonyl (C=O) groups is 1. The van der Waals surface area contributed by atoms with Gasteiger partial charge in [-0.2, -0.15) is 14.1 Å². The Morgan fingerprint density at radius 3 is 2.33 bits per heavy atom. The first-order valence-corrected chi connectivity index (χ1v) is 9.43. The summed E-state index contributed by atoms with van der Waals surface area (Å²) in [6.07, 6.45) is 0. The van der Waals surface area contributed by atoms with Crippen molar-refractivity contribution in [3.8, 4) is 0 Å². The zero-order valence-electron chi connectivity index (χ0n) is 14.1. The normalized spacial score (nSPS) is 11.9. The third-order valence-electron chi connectivity index (χ3n) is 3.82. The van der Waals surface area contributed by atoms with E-state index in [0.29, 0.717) is 23.8 Å². The number of nitrogens with zero attached hydrogens (tertiary/aromatic N) is 3. The maximum absolute atomic E-state index is 12.8. The predicted molar refractivity (Wildman–Crippen MR) is 93.0 cm³/mol. The van der Waals surface area contributed by atoms with Crippen molar-refractivity contribution in [3.05, 3.63) is 46.2 Å². The lowest BCUT2D eigenvalue weighted by atomic mass is 10.2. The van der Waals surface area contributed by atoms with Crippen molar-refractivity contribution in [2.45, 2.75) is 32.6 Å². The molecule has 2 rings (SSSR count). The van der Waals surface area contributed by atoms with Crippen molar-refractivity contribution >= 4 is 27.5 Å². The Kier molecular flexibility index (Phi) is 5.47. The van der Waals surface area contributed by atoms with Gasteiger partial charge in [-0.25, -0.2) is 8.42 Å². The summed E-state index contributed by atoms with van der Waals surface area (Å²) in [5, 5.41) is 4.44. The SMILES string of the molecule is CCN(CC)S(=O)(=O)c1c(C)nn(C(=O)c2ccccc2Cl)c1C. The van der Waals surface area contributed by atoms with Crippen LogP contribution in [0.5, 0.6) is 0 Å². The molecule has 0 unspecified atom stereocenters. The van der Waals surface area contributed by atoms with E-state index >= 15 is 0 Å². The molecule has 24 heavy (non-hydrogen) atoms. The Morgan fingerprint density at radius 1 is 1.21 bits per heavy atom. The number of aryl methyl sites for hydroxylation is 1. The Hall–Kier alpha value is -1.70. The molecule has 0 spiro atoms. The second kappa shape index (κ2) is 7.04. The number of aromatic nitrogens is 2. The molecule has 0 saturated heterocycles. The molecule has 6 nitrogen and oxygen atoms in total. The van der Waals surface area contributed by atoms with Gasteiger partial charge in [-0.3, -0.25) is 4.79 Å². The molecule has 0 N–H and O–H groups in total. The molecule has 8 heteroatoms. The number of sulfonamides is 1. The Balaban J connectivity index is 2.59. The van der Waals surface area contributed by atoms with Crippen LogP contribution in [-0.4, -0.2) is 41.5 Å². The van der Waals surface area contributed by atoms with E-state index in [1.54, 1.807) is 52.0 Å². The molecule has 0 aliphatic heterocycles. The van der Waals surface area contributed by atoms with Crippen LogP contribution in [0.4, 0.5) is 0 Å². The molecular weight excluding hydrogens is 350 g/mol. The summed E-state index contributed by atoms with van der Waals surface area (Å²) in [5.74, 6) is -0.456. The highest BCUT2D eigenvalue weighted by atomic mass is 35.5. The Labute approximate surface area is 147 Å². The highest BCUT2D eigenvalue weighted by Gasteiger charge is 2.31. The molecule has 0 aliphatic rings. The molecule has 2 aromatic rings. The Morgan fingerprint density at radius 2 is 1.79 bits per heavy atom. The fourth-order valence-electron chi connectivity index (χ4n) is 2.64. The Bertz CT molecular complexity index is 871. The van der Waals surface area contributed by atoms with E-state index in [-0.39, 0.29) is 16.2 Å². The maximum atomic E-state index is 12.8. The fourth-order valence-corrected chi connectivity index (χ4v) is 4.67. The van der Waals surface area contributed by atoms with E-state index in [4.69, 9.17) is 11.6 Å². The van der Waals surface area contributed by atoms with Gasteiger partial charge >= 0.3 is 0 Å². The molecular formula is C16H20ClN3O3S. The summed E-state index contributed by atoms with van der Waals surface area (Å²) in [7, 11) is -3.70. The highest BCUT2D eigenvalue weighted by Crippen LogP contribution is 2.25. The molecule has 0 aliphatic carbocycles.